The van der Waals surface area contributed by atoms with E-state index in [9.17, 15) is 20.0 Å². The summed E-state index contributed by atoms with van der Waals surface area (Å²) < 4.78 is 5.11. The molecule has 0 spiro atoms. The Morgan fingerprint density at radius 1 is 1.42 bits per heavy atom. The van der Waals surface area contributed by atoms with Crippen molar-refractivity contribution in [2.45, 2.75) is 32.4 Å². The van der Waals surface area contributed by atoms with Gasteiger partial charge in [-0.05, 0) is 31.5 Å². The molecule has 0 bridgehead atoms. The Labute approximate surface area is 138 Å². The van der Waals surface area contributed by atoms with E-state index in [1.807, 2.05) is 0 Å². The van der Waals surface area contributed by atoms with Gasteiger partial charge in [-0.2, -0.15) is 0 Å². The Balaban J connectivity index is 1.93. The zero-order chi connectivity index (χ0) is 17.7. The molecule has 0 aliphatic rings. The number of hydrogen-bond acceptors (Lipinski definition) is 5. The SMILES string of the molecule is Cc1ccc([N+](=O)[O-])cc1NC(=O)NC(C)CC(O)c1ccco1. The Bertz CT molecular complexity index is 715. The molecule has 0 saturated heterocycles. The number of benzene rings is 1. The number of amides is 2. The van der Waals surface area contributed by atoms with Gasteiger partial charge in [0.05, 0.1) is 16.9 Å². The highest BCUT2D eigenvalue weighted by Crippen LogP contribution is 2.22. The molecule has 1 aromatic heterocycles. The Morgan fingerprint density at radius 3 is 2.79 bits per heavy atom. The summed E-state index contributed by atoms with van der Waals surface area (Å²) in [4.78, 5) is 22.3. The van der Waals surface area contributed by atoms with Crippen LogP contribution in [0.2, 0.25) is 0 Å². The minimum Gasteiger partial charge on any atom is -0.467 e. The second-order valence-corrected chi connectivity index (χ2v) is 5.52. The first-order valence-corrected chi connectivity index (χ1v) is 7.41. The quantitative estimate of drug-likeness (QED) is 0.554. The topological polar surface area (TPSA) is 118 Å². The molecule has 0 aliphatic heterocycles. The molecule has 0 radical (unpaired) electrons. The van der Waals surface area contributed by atoms with Gasteiger partial charge >= 0.3 is 6.03 Å². The van der Waals surface area contributed by atoms with Gasteiger partial charge in [0, 0.05) is 24.6 Å². The van der Waals surface area contributed by atoms with Crippen LogP contribution in [-0.2, 0) is 0 Å². The van der Waals surface area contributed by atoms with E-state index < -0.39 is 17.1 Å². The number of nitrogens with one attached hydrogen (secondary N) is 2. The van der Waals surface area contributed by atoms with E-state index in [1.165, 1.54) is 18.4 Å². The van der Waals surface area contributed by atoms with Crippen molar-refractivity contribution in [3.05, 3.63) is 58.0 Å². The number of aliphatic hydroxyl groups is 1. The van der Waals surface area contributed by atoms with Crippen molar-refractivity contribution in [3.8, 4) is 0 Å². The molecule has 0 aliphatic carbocycles. The monoisotopic (exact) mass is 333 g/mol. The van der Waals surface area contributed by atoms with Crippen LogP contribution in [0.3, 0.4) is 0 Å². The predicted octanol–water partition coefficient (Wildman–Crippen LogP) is 3.13. The fourth-order valence-corrected chi connectivity index (χ4v) is 2.23. The van der Waals surface area contributed by atoms with Crippen molar-refractivity contribution in [2.24, 2.45) is 0 Å². The number of nitro benzene ring substituents is 1. The Kier molecular flexibility index (Phi) is 5.54. The summed E-state index contributed by atoms with van der Waals surface area (Å²) in [7, 11) is 0. The molecular weight excluding hydrogens is 314 g/mol. The molecule has 8 heteroatoms. The zero-order valence-corrected chi connectivity index (χ0v) is 13.4. The number of non-ortho nitro benzene ring substituents is 1. The molecular formula is C16H19N3O5. The van der Waals surface area contributed by atoms with Gasteiger partial charge < -0.3 is 20.2 Å². The number of anilines is 1. The second kappa shape index (κ2) is 7.60. The third-order valence-corrected chi connectivity index (χ3v) is 3.51. The lowest BCUT2D eigenvalue weighted by Crippen LogP contribution is -2.37. The van der Waals surface area contributed by atoms with E-state index in [1.54, 1.807) is 32.0 Å². The highest BCUT2D eigenvalue weighted by molar-refractivity contribution is 5.90. The third-order valence-electron chi connectivity index (χ3n) is 3.51. The summed E-state index contributed by atoms with van der Waals surface area (Å²) in [6.07, 6.45) is 0.915. The van der Waals surface area contributed by atoms with Gasteiger partial charge in [-0.1, -0.05) is 6.07 Å². The van der Waals surface area contributed by atoms with Crippen LogP contribution in [0, 0.1) is 17.0 Å². The minimum atomic E-state index is -0.824. The normalized spacial score (nSPS) is 13.1. The fraction of sp³-hybridized carbons (Fsp3) is 0.312. The van der Waals surface area contributed by atoms with Gasteiger partial charge in [0.25, 0.3) is 5.69 Å². The molecule has 3 N–H and O–H groups in total. The maximum atomic E-state index is 12.0. The summed E-state index contributed by atoms with van der Waals surface area (Å²) in [6, 6.07) is 6.75. The Hall–Kier alpha value is -2.87. The summed E-state index contributed by atoms with van der Waals surface area (Å²) in [5, 5.41) is 26.0. The highest BCUT2D eigenvalue weighted by atomic mass is 16.6. The number of hydrogen-bond donors (Lipinski definition) is 3. The third kappa shape index (κ3) is 4.56. The number of nitrogens with zero attached hydrogens (tertiary/aromatic N) is 1. The second-order valence-electron chi connectivity index (χ2n) is 5.52. The van der Waals surface area contributed by atoms with Gasteiger partial charge in [-0.25, -0.2) is 4.79 Å². The first-order valence-electron chi connectivity index (χ1n) is 7.41. The molecule has 1 aromatic carbocycles. The zero-order valence-electron chi connectivity index (χ0n) is 13.4. The molecule has 2 amide bonds. The van der Waals surface area contributed by atoms with Crippen LogP contribution >= 0.6 is 0 Å². The van der Waals surface area contributed by atoms with E-state index in [0.717, 1.165) is 0 Å². The van der Waals surface area contributed by atoms with E-state index in [0.29, 0.717) is 17.0 Å². The largest absolute Gasteiger partial charge is 0.467 e. The predicted molar refractivity (Wildman–Crippen MR) is 87.7 cm³/mol. The van der Waals surface area contributed by atoms with Crippen LogP contribution in [0.4, 0.5) is 16.2 Å². The average molecular weight is 333 g/mol. The minimum absolute atomic E-state index is 0.0998. The summed E-state index contributed by atoms with van der Waals surface area (Å²) >= 11 is 0. The van der Waals surface area contributed by atoms with E-state index in [4.69, 9.17) is 4.42 Å². The number of nitro groups is 1. The van der Waals surface area contributed by atoms with Crippen LogP contribution < -0.4 is 10.6 Å². The van der Waals surface area contributed by atoms with Crippen molar-refractivity contribution in [2.75, 3.05) is 5.32 Å². The lowest BCUT2D eigenvalue weighted by Gasteiger charge is -2.17. The summed E-state index contributed by atoms with van der Waals surface area (Å²) in [5.41, 5.74) is 0.969. The van der Waals surface area contributed by atoms with Crippen LogP contribution in [0.5, 0.6) is 0 Å². The number of aliphatic hydroxyl groups excluding tert-OH is 1. The van der Waals surface area contributed by atoms with Gasteiger partial charge in [-0.3, -0.25) is 10.1 Å². The Morgan fingerprint density at radius 2 is 2.17 bits per heavy atom. The molecule has 8 nitrogen and oxygen atoms in total. The molecule has 1 heterocycles. The van der Waals surface area contributed by atoms with Crippen molar-refractivity contribution in [1.82, 2.24) is 5.32 Å². The molecule has 24 heavy (non-hydrogen) atoms. The van der Waals surface area contributed by atoms with Crippen molar-refractivity contribution >= 4 is 17.4 Å². The molecule has 2 rings (SSSR count). The summed E-state index contributed by atoms with van der Waals surface area (Å²) in [5.74, 6) is 0.429. The highest BCUT2D eigenvalue weighted by Gasteiger charge is 2.17. The first-order chi connectivity index (χ1) is 11.4. The van der Waals surface area contributed by atoms with E-state index in [-0.39, 0.29) is 18.2 Å². The number of urea groups is 1. The van der Waals surface area contributed by atoms with E-state index >= 15 is 0 Å². The van der Waals surface area contributed by atoms with Crippen LogP contribution in [-0.4, -0.2) is 22.1 Å². The average Bonchev–Trinajstić information content (AvgIpc) is 3.03. The van der Waals surface area contributed by atoms with Crippen molar-refractivity contribution in [1.29, 1.82) is 0 Å². The molecule has 2 atom stereocenters. The van der Waals surface area contributed by atoms with Gasteiger partial charge in [-0.15, -0.1) is 0 Å². The molecule has 128 valence electrons. The van der Waals surface area contributed by atoms with Crippen LogP contribution in [0.25, 0.3) is 0 Å². The van der Waals surface area contributed by atoms with Crippen LogP contribution in [0.1, 0.15) is 30.8 Å². The molecule has 0 saturated carbocycles. The van der Waals surface area contributed by atoms with Gasteiger partial charge in [0.1, 0.15) is 11.9 Å². The smallest absolute Gasteiger partial charge is 0.319 e. The van der Waals surface area contributed by atoms with Crippen LogP contribution in [0.15, 0.2) is 41.0 Å². The maximum Gasteiger partial charge on any atom is 0.319 e. The molecule has 0 fully saturated rings. The lowest BCUT2D eigenvalue weighted by atomic mass is 10.1. The van der Waals surface area contributed by atoms with Gasteiger partial charge in [0.2, 0.25) is 0 Å². The fourth-order valence-electron chi connectivity index (χ4n) is 2.23. The lowest BCUT2D eigenvalue weighted by molar-refractivity contribution is -0.384. The number of rotatable bonds is 6. The number of carbonyl (C=O) groups excluding carboxylic acids is 1. The molecule has 2 unspecified atom stereocenters. The van der Waals surface area contributed by atoms with E-state index in [2.05, 4.69) is 10.6 Å². The first kappa shape index (κ1) is 17.5. The van der Waals surface area contributed by atoms with Crippen molar-refractivity contribution in [3.63, 3.8) is 0 Å². The van der Waals surface area contributed by atoms with Gasteiger partial charge in [0.15, 0.2) is 0 Å². The summed E-state index contributed by atoms with van der Waals surface area (Å²) in [6.45, 7) is 3.48. The number of furan rings is 1. The number of aryl methyl sites for hydroxylation is 1. The number of carbonyl (C=O) groups is 1. The van der Waals surface area contributed by atoms with Crippen molar-refractivity contribution < 1.29 is 19.2 Å². The maximum absolute atomic E-state index is 12.0. The standard InChI is InChI=1S/C16H19N3O5/c1-10-5-6-12(19(22)23)9-13(10)18-16(21)17-11(2)8-14(20)15-4-3-7-24-15/h3-7,9,11,14,20H,8H2,1-2H3,(H2,17,18,21). The molecule has 2 aromatic rings.